The fraction of sp³-hybridized carbons (Fsp3) is 0.643. The lowest BCUT2D eigenvalue weighted by Crippen LogP contribution is -2.52. The SMILES string of the molecule is CC1CCCC(N)(Cc2cncc(Br)c2)C1C. The minimum atomic E-state index is -0.0554. The zero-order chi connectivity index (χ0) is 12.5. The highest BCUT2D eigenvalue weighted by atomic mass is 79.9. The third kappa shape index (κ3) is 2.89. The minimum absolute atomic E-state index is 0.0554. The molecule has 0 saturated heterocycles. The van der Waals surface area contributed by atoms with Crippen molar-refractivity contribution in [1.29, 1.82) is 0 Å². The molecule has 0 radical (unpaired) electrons. The predicted octanol–water partition coefficient (Wildman–Crippen LogP) is 3.54. The second-order valence-corrected chi connectivity index (χ2v) is 6.50. The van der Waals surface area contributed by atoms with Crippen LogP contribution in [0.15, 0.2) is 22.9 Å². The lowest BCUT2D eigenvalue weighted by Gasteiger charge is -2.43. The summed E-state index contributed by atoms with van der Waals surface area (Å²) in [5.41, 5.74) is 7.82. The van der Waals surface area contributed by atoms with Gasteiger partial charge in [0.05, 0.1) is 0 Å². The molecule has 0 bridgehead atoms. The van der Waals surface area contributed by atoms with Crippen LogP contribution in [-0.2, 0) is 6.42 Å². The number of nitrogens with zero attached hydrogens (tertiary/aromatic N) is 1. The van der Waals surface area contributed by atoms with Gasteiger partial charge in [0.25, 0.3) is 0 Å². The summed E-state index contributed by atoms with van der Waals surface area (Å²) in [6.07, 6.45) is 8.39. The number of rotatable bonds is 2. The fourth-order valence-electron chi connectivity index (χ4n) is 2.98. The summed E-state index contributed by atoms with van der Waals surface area (Å²) in [7, 11) is 0. The van der Waals surface area contributed by atoms with Gasteiger partial charge in [-0.3, -0.25) is 4.98 Å². The molecular weight excluding hydrogens is 276 g/mol. The molecule has 1 aromatic rings. The van der Waals surface area contributed by atoms with Gasteiger partial charge in [0.2, 0.25) is 0 Å². The second-order valence-electron chi connectivity index (χ2n) is 5.58. The molecule has 0 spiro atoms. The molecule has 0 aromatic carbocycles. The van der Waals surface area contributed by atoms with Crippen LogP contribution in [0.25, 0.3) is 0 Å². The Bertz CT molecular complexity index is 394. The molecule has 1 heterocycles. The first-order valence-corrected chi connectivity index (χ1v) is 7.19. The fourth-order valence-corrected chi connectivity index (χ4v) is 3.39. The van der Waals surface area contributed by atoms with Crippen LogP contribution in [-0.4, -0.2) is 10.5 Å². The van der Waals surface area contributed by atoms with E-state index in [1.54, 1.807) is 0 Å². The first kappa shape index (κ1) is 13.0. The molecule has 1 saturated carbocycles. The Kier molecular flexibility index (Phi) is 3.88. The molecule has 0 aliphatic heterocycles. The van der Waals surface area contributed by atoms with Crippen molar-refractivity contribution < 1.29 is 0 Å². The predicted molar refractivity (Wildman–Crippen MR) is 74.7 cm³/mol. The van der Waals surface area contributed by atoms with Crippen LogP contribution in [0, 0.1) is 11.8 Å². The van der Waals surface area contributed by atoms with Crippen molar-refractivity contribution in [2.24, 2.45) is 17.6 Å². The first-order valence-electron chi connectivity index (χ1n) is 6.39. The summed E-state index contributed by atoms with van der Waals surface area (Å²) < 4.78 is 1.04. The molecule has 1 aromatic heterocycles. The summed E-state index contributed by atoms with van der Waals surface area (Å²) >= 11 is 3.47. The lowest BCUT2D eigenvalue weighted by molar-refractivity contribution is 0.143. The van der Waals surface area contributed by atoms with Gasteiger partial charge >= 0.3 is 0 Å². The van der Waals surface area contributed by atoms with Crippen molar-refractivity contribution >= 4 is 15.9 Å². The van der Waals surface area contributed by atoms with E-state index in [0.717, 1.165) is 23.2 Å². The van der Waals surface area contributed by atoms with Crippen LogP contribution in [0.1, 0.15) is 38.7 Å². The molecule has 1 fully saturated rings. The van der Waals surface area contributed by atoms with Gasteiger partial charge < -0.3 is 5.73 Å². The second kappa shape index (κ2) is 5.07. The van der Waals surface area contributed by atoms with E-state index in [2.05, 4.69) is 40.8 Å². The molecule has 94 valence electrons. The largest absolute Gasteiger partial charge is 0.325 e. The van der Waals surface area contributed by atoms with Crippen molar-refractivity contribution in [2.45, 2.75) is 45.1 Å². The van der Waals surface area contributed by atoms with Crippen LogP contribution in [0.4, 0.5) is 0 Å². The molecular formula is C14H21BrN2. The van der Waals surface area contributed by atoms with Gasteiger partial charge in [-0.25, -0.2) is 0 Å². The van der Waals surface area contributed by atoms with Gasteiger partial charge in [-0.1, -0.05) is 26.7 Å². The average Bonchev–Trinajstić information content (AvgIpc) is 2.26. The Hall–Kier alpha value is -0.410. The summed E-state index contributed by atoms with van der Waals surface area (Å²) in [4.78, 5) is 4.22. The summed E-state index contributed by atoms with van der Waals surface area (Å²) in [5.74, 6) is 1.31. The Morgan fingerprint density at radius 2 is 2.24 bits per heavy atom. The smallest absolute Gasteiger partial charge is 0.0410 e. The Balaban J connectivity index is 2.16. The average molecular weight is 297 g/mol. The van der Waals surface area contributed by atoms with E-state index in [9.17, 15) is 0 Å². The van der Waals surface area contributed by atoms with Gasteiger partial charge in [-0.2, -0.15) is 0 Å². The van der Waals surface area contributed by atoms with Crippen molar-refractivity contribution in [3.05, 3.63) is 28.5 Å². The maximum atomic E-state index is 6.63. The molecule has 3 heteroatoms. The van der Waals surface area contributed by atoms with Crippen molar-refractivity contribution in [1.82, 2.24) is 4.98 Å². The lowest BCUT2D eigenvalue weighted by atomic mass is 9.66. The molecule has 3 atom stereocenters. The summed E-state index contributed by atoms with van der Waals surface area (Å²) in [6, 6.07) is 2.13. The number of aromatic nitrogens is 1. The summed E-state index contributed by atoms with van der Waals surface area (Å²) in [5, 5.41) is 0. The topological polar surface area (TPSA) is 38.9 Å². The molecule has 3 unspecified atom stereocenters. The third-order valence-corrected chi connectivity index (χ3v) is 4.79. The van der Waals surface area contributed by atoms with E-state index in [0.29, 0.717) is 5.92 Å². The van der Waals surface area contributed by atoms with E-state index in [4.69, 9.17) is 5.73 Å². The molecule has 0 amide bonds. The highest BCUT2D eigenvalue weighted by molar-refractivity contribution is 9.10. The van der Waals surface area contributed by atoms with E-state index >= 15 is 0 Å². The molecule has 2 N–H and O–H groups in total. The quantitative estimate of drug-likeness (QED) is 0.907. The van der Waals surface area contributed by atoms with E-state index in [1.165, 1.54) is 18.4 Å². The van der Waals surface area contributed by atoms with E-state index in [-0.39, 0.29) is 5.54 Å². The Morgan fingerprint density at radius 1 is 1.47 bits per heavy atom. The van der Waals surface area contributed by atoms with E-state index in [1.807, 2.05) is 12.4 Å². The Morgan fingerprint density at radius 3 is 2.94 bits per heavy atom. The molecule has 17 heavy (non-hydrogen) atoms. The standard InChI is InChI=1S/C14H21BrN2/c1-10-4-3-5-14(16,11(10)2)7-12-6-13(15)9-17-8-12/h6,8-11H,3-5,7,16H2,1-2H3. The number of hydrogen-bond donors (Lipinski definition) is 1. The highest BCUT2D eigenvalue weighted by Crippen LogP contribution is 2.38. The van der Waals surface area contributed by atoms with Crippen LogP contribution in [0.5, 0.6) is 0 Å². The zero-order valence-electron chi connectivity index (χ0n) is 10.6. The van der Waals surface area contributed by atoms with E-state index < -0.39 is 0 Å². The minimum Gasteiger partial charge on any atom is -0.325 e. The van der Waals surface area contributed by atoms with Gasteiger partial charge in [-0.15, -0.1) is 0 Å². The van der Waals surface area contributed by atoms with Gasteiger partial charge in [0.1, 0.15) is 0 Å². The number of hydrogen-bond acceptors (Lipinski definition) is 2. The maximum absolute atomic E-state index is 6.63. The van der Waals surface area contributed by atoms with Gasteiger partial charge in [0.15, 0.2) is 0 Å². The number of halogens is 1. The maximum Gasteiger partial charge on any atom is 0.0410 e. The van der Waals surface area contributed by atoms with Gasteiger partial charge in [0, 0.05) is 22.4 Å². The number of nitrogens with two attached hydrogens (primary N) is 1. The van der Waals surface area contributed by atoms with Crippen molar-refractivity contribution in [3.8, 4) is 0 Å². The molecule has 2 rings (SSSR count). The number of pyridine rings is 1. The first-order chi connectivity index (χ1) is 8.01. The molecule has 1 aliphatic carbocycles. The van der Waals surface area contributed by atoms with Crippen molar-refractivity contribution in [2.75, 3.05) is 0 Å². The van der Waals surface area contributed by atoms with Crippen LogP contribution >= 0.6 is 15.9 Å². The zero-order valence-corrected chi connectivity index (χ0v) is 12.2. The molecule has 2 nitrogen and oxygen atoms in total. The molecule has 1 aliphatic rings. The Labute approximate surface area is 112 Å². The van der Waals surface area contributed by atoms with Crippen molar-refractivity contribution in [3.63, 3.8) is 0 Å². The van der Waals surface area contributed by atoms with Crippen LogP contribution in [0.2, 0.25) is 0 Å². The van der Waals surface area contributed by atoms with Crippen LogP contribution in [0.3, 0.4) is 0 Å². The normalized spacial score (nSPS) is 33.6. The third-order valence-electron chi connectivity index (χ3n) is 4.36. The van der Waals surface area contributed by atoms with Gasteiger partial charge in [-0.05, 0) is 52.2 Å². The summed E-state index contributed by atoms with van der Waals surface area (Å²) in [6.45, 7) is 4.62. The highest BCUT2D eigenvalue weighted by Gasteiger charge is 2.38. The monoisotopic (exact) mass is 296 g/mol. The van der Waals surface area contributed by atoms with Crippen LogP contribution < -0.4 is 5.73 Å².